The molecule has 4 aromatic rings. The normalized spacial score (nSPS) is 12.1. The van der Waals surface area contributed by atoms with Crippen LogP contribution in [0, 0.1) is 12.3 Å². The summed E-state index contributed by atoms with van der Waals surface area (Å²) in [5, 5.41) is 9.29. The first-order valence-electron chi connectivity index (χ1n) is 10.8. The molecule has 0 bridgehead atoms. The molecule has 0 atom stereocenters. The van der Waals surface area contributed by atoms with Crippen LogP contribution in [0.5, 0.6) is 0 Å². The van der Waals surface area contributed by atoms with Gasteiger partial charge in [0.05, 0.1) is 16.4 Å². The van der Waals surface area contributed by atoms with Crippen molar-refractivity contribution in [2.24, 2.45) is 0 Å². The van der Waals surface area contributed by atoms with Gasteiger partial charge in [-0.15, -0.1) is 0 Å². The lowest BCUT2D eigenvalue weighted by Gasteiger charge is -2.16. The number of sulfone groups is 1. The van der Waals surface area contributed by atoms with Crippen LogP contribution in [0.2, 0.25) is 5.02 Å². The van der Waals surface area contributed by atoms with Crippen molar-refractivity contribution < 1.29 is 13.2 Å². The average molecular weight is 501 g/mol. The van der Waals surface area contributed by atoms with Gasteiger partial charge in [-0.2, -0.15) is 0 Å². The molecular formula is C24H25ClN4O4S. The molecule has 0 aliphatic heterocycles. The Bertz CT molecular complexity index is 1610. The molecule has 0 saturated carbocycles. The minimum absolute atomic E-state index is 0.0101. The number of hydrogen-bond donors (Lipinski definition) is 1. The van der Waals surface area contributed by atoms with Gasteiger partial charge in [-0.3, -0.25) is 14.6 Å². The first-order valence-corrected chi connectivity index (χ1v) is 12.7. The number of pyridine rings is 2. The predicted octanol–water partition coefficient (Wildman–Crippen LogP) is 3.74. The summed E-state index contributed by atoms with van der Waals surface area (Å²) in [6, 6.07) is 10.5. The molecule has 0 spiro atoms. The van der Waals surface area contributed by atoms with Crippen molar-refractivity contribution >= 4 is 38.1 Å². The van der Waals surface area contributed by atoms with Crippen molar-refractivity contribution in [2.45, 2.75) is 49.6 Å². The fourth-order valence-electron chi connectivity index (χ4n) is 3.72. The van der Waals surface area contributed by atoms with Gasteiger partial charge in [0.2, 0.25) is 9.84 Å². The van der Waals surface area contributed by atoms with Gasteiger partial charge in [0, 0.05) is 24.4 Å². The largest absolute Gasteiger partial charge is 0.379 e. The number of nitrogens with zero attached hydrogens (tertiary/aromatic N) is 3. The van der Waals surface area contributed by atoms with Gasteiger partial charge < -0.3 is 9.30 Å². The lowest BCUT2D eigenvalue weighted by Crippen LogP contribution is -2.30. The van der Waals surface area contributed by atoms with E-state index in [0.29, 0.717) is 23.7 Å². The molecule has 8 nitrogen and oxygen atoms in total. The molecule has 0 unspecified atom stereocenters. The summed E-state index contributed by atoms with van der Waals surface area (Å²) in [5.41, 5.74) is 0.904. The van der Waals surface area contributed by atoms with E-state index in [9.17, 15) is 13.2 Å². The molecule has 178 valence electrons. The molecule has 3 heterocycles. The highest BCUT2D eigenvalue weighted by molar-refractivity contribution is 7.91. The number of fused-ring (bicyclic) bond motifs is 2. The topological polar surface area (TPSA) is 107 Å². The Morgan fingerprint density at radius 2 is 1.85 bits per heavy atom. The van der Waals surface area contributed by atoms with Crippen molar-refractivity contribution in [1.82, 2.24) is 14.0 Å². The molecule has 0 amide bonds. The van der Waals surface area contributed by atoms with Crippen molar-refractivity contribution in [2.75, 3.05) is 6.61 Å². The zero-order valence-corrected chi connectivity index (χ0v) is 20.7. The molecule has 0 radical (unpaired) electrons. The van der Waals surface area contributed by atoms with E-state index in [1.807, 2.05) is 26.8 Å². The Hall–Kier alpha value is -3.01. The molecule has 1 aromatic carbocycles. The van der Waals surface area contributed by atoms with Gasteiger partial charge in [-0.1, -0.05) is 17.7 Å². The molecule has 34 heavy (non-hydrogen) atoms. The van der Waals surface area contributed by atoms with Crippen molar-refractivity contribution in [3.05, 3.63) is 75.1 Å². The van der Waals surface area contributed by atoms with Crippen molar-refractivity contribution in [3.8, 4) is 0 Å². The van der Waals surface area contributed by atoms with Crippen LogP contribution in [0.25, 0.3) is 16.7 Å². The van der Waals surface area contributed by atoms with Gasteiger partial charge in [-0.05, 0) is 69.2 Å². The van der Waals surface area contributed by atoms with E-state index in [1.165, 1.54) is 39.3 Å². The number of halogens is 1. The highest BCUT2D eigenvalue weighted by Crippen LogP contribution is 2.22. The molecule has 4 rings (SSSR count). The van der Waals surface area contributed by atoms with E-state index in [2.05, 4.69) is 4.98 Å². The summed E-state index contributed by atoms with van der Waals surface area (Å²) >= 11 is 5.92. The van der Waals surface area contributed by atoms with E-state index in [0.717, 1.165) is 5.56 Å². The average Bonchev–Trinajstić information content (AvgIpc) is 2.78. The molecular weight excluding hydrogens is 476 g/mol. The third-order valence-electron chi connectivity index (χ3n) is 5.41. The lowest BCUT2D eigenvalue weighted by atomic mass is 10.2. The molecule has 0 fully saturated rings. The van der Waals surface area contributed by atoms with Gasteiger partial charge in [0.1, 0.15) is 21.7 Å². The van der Waals surface area contributed by atoms with Crippen LogP contribution >= 0.6 is 11.6 Å². The molecule has 0 saturated heterocycles. The Morgan fingerprint density at radius 1 is 1.15 bits per heavy atom. The number of aryl methyl sites for hydroxylation is 2. The quantitative estimate of drug-likeness (QED) is 0.307. The second-order valence-electron chi connectivity index (χ2n) is 8.33. The second-order valence-corrected chi connectivity index (χ2v) is 10.7. The van der Waals surface area contributed by atoms with Crippen LogP contribution in [-0.4, -0.2) is 35.1 Å². The smallest absolute Gasteiger partial charge is 0.267 e. The number of nitrogens with one attached hydrogen (secondary N) is 1. The summed E-state index contributed by atoms with van der Waals surface area (Å²) in [5.74, 6) is 0. The van der Waals surface area contributed by atoms with Gasteiger partial charge >= 0.3 is 0 Å². The summed E-state index contributed by atoms with van der Waals surface area (Å²) in [4.78, 5) is 17.7. The lowest BCUT2D eigenvalue weighted by molar-refractivity contribution is 0.0748. The Balaban J connectivity index is 1.99. The fraction of sp³-hybridized carbons (Fsp3) is 0.292. The molecule has 0 aliphatic carbocycles. The number of aromatic nitrogens is 3. The maximum atomic E-state index is 13.5. The van der Waals surface area contributed by atoms with E-state index < -0.39 is 15.4 Å². The Kier molecular flexibility index (Phi) is 6.62. The van der Waals surface area contributed by atoms with Crippen LogP contribution in [0.3, 0.4) is 0 Å². The van der Waals surface area contributed by atoms with Crippen molar-refractivity contribution in [1.29, 1.82) is 5.41 Å². The van der Waals surface area contributed by atoms with E-state index in [4.69, 9.17) is 21.7 Å². The summed E-state index contributed by atoms with van der Waals surface area (Å²) in [6.45, 7) is 6.39. The van der Waals surface area contributed by atoms with Crippen LogP contribution in [0.1, 0.15) is 25.8 Å². The highest BCUT2D eigenvalue weighted by atomic mass is 35.5. The molecule has 0 aliphatic rings. The van der Waals surface area contributed by atoms with Crippen LogP contribution in [0.4, 0.5) is 0 Å². The SMILES string of the molecule is Cc1ccc2nc3c(cc(S(=O)(=O)c4ccc(Cl)cc4)c(=N)n3CCCOC(C)C)c(=O)n2c1. The second kappa shape index (κ2) is 9.32. The maximum absolute atomic E-state index is 13.5. The third-order valence-corrected chi connectivity index (χ3v) is 7.45. The van der Waals surface area contributed by atoms with E-state index in [-0.39, 0.29) is 39.0 Å². The predicted molar refractivity (Wildman–Crippen MR) is 130 cm³/mol. The first-order chi connectivity index (χ1) is 16.1. The highest BCUT2D eigenvalue weighted by Gasteiger charge is 2.24. The third kappa shape index (κ3) is 4.51. The monoisotopic (exact) mass is 500 g/mol. The van der Waals surface area contributed by atoms with E-state index >= 15 is 0 Å². The van der Waals surface area contributed by atoms with Crippen LogP contribution in [0.15, 0.2) is 63.2 Å². The Labute approximate surface area is 201 Å². The summed E-state index contributed by atoms with van der Waals surface area (Å²) in [6.07, 6.45) is 2.22. The van der Waals surface area contributed by atoms with E-state index in [1.54, 1.807) is 12.3 Å². The van der Waals surface area contributed by atoms with Gasteiger partial charge in [0.25, 0.3) is 5.56 Å². The maximum Gasteiger partial charge on any atom is 0.267 e. The number of ether oxygens (including phenoxy) is 1. The van der Waals surface area contributed by atoms with Crippen LogP contribution in [-0.2, 0) is 21.1 Å². The minimum atomic E-state index is -4.10. The molecule has 10 heteroatoms. The van der Waals surface area contributed by atoms with Gasteiger partial charge in [-0.25, -0.2) is 13.4 Å². The first kappa shape index (κ1) is 24.1. The Morgan fingerprint density at radius 3 is 2.53 bits per heavy atom. The number of benzene rings is 1. The van der Waals surface area contributed by atoms with Crippen molar-refractivity contribution in [3.63, 3.8) is 0 Å². The summed E-state index contributed by atoms with van der Waals surface area (Å²) in [7, 11) is -4.10. The standard InChI is InChI=1S/C24H25ClN4O4S/c1-15(2)33-12-4-11-28-22(26)20(34(31,32)18-8-6-17(25)7-9-18)13-19-23(28)27-21-10-5-16(3)14-29(21)24(19)30/h5-10,13-15,26H,4,11-12H2,1-3H3. The summed E-state index contributed by atoms with van der Waals surface area (Å²) < 4.78 is 35.4. The van der Waals surface area contributed by atoms with Crippen LogP contribution < -0.4 is 11.0 Å². The fourth-order valence-corrected chi connectivity index (χ4v) is 5.23. The minimum Gasteiger partial charge on any atom is -0.379 e. The zero-order valence-electron chi connectivity index (χ0n) is 19.1. The number of rotatable bonds is 7. The molecule has 3 aromatic heterocycles. The molecule has 1 N–H and O–H groups in total. The van der Waals surface area contributed by atoms with Gasteiger partial charge in [0.15, 0.2) is 0 Å². The number of hydrogen-bond acceptors (Lipinski definition) is 6. The zero-order chi connectivity index (χ0) is 24.6.